The molecule has 1 aliphatic rings. The number of thioether (sulfide) groups is 1. The van der Waals surface area contributed by atoms with Crippen LogP contribution in [0.5, 0.6) is 0 Å². The molecule has 4 nitrogen and oxygen atoms in total. The standard InChI is InChI=1S/C7H7F3O4S/c1-13-4(11)2-3-5(12)14-6(15-3)7(8,9)10/h3,6H,2H2,1H3. The normalized spacial score (nSPS) is 26.3. The van der Waals surface area contributed by atoms with E-state index >= 15 is 0 Å². The Kier molecular flexibility index (Phi) is 3.48. The summed E-state index contributed by atoms with van der Waals surface area (Å²) in [5, 5.41) is -1.14. The van der Waals surface area contributed by atoms with Crippen LogP contribution in [0.15, 0.2) is 0 Å². The number of ether oxygens (including phenoxy) is 2. The Balaban J connectivity index is 2.57. The topological polar surface area (TPSA) is 52.6 Å². The van der Waals surface area contributed by atoms with Crippen LogP contribution in [-0.4, -0.2) is 35.9 Å². The molecule has 0 aromatic carbocycles. The van der Waals surface area contributed by atoms with Crippen LogP contribution >= 0.6 is 11.8 Å². The molecule has 1 rings (SSSR count). The third kappa shape index (κ3) is 3.01. The Morgan fingerprint density at radius 3 is 2.60 bits per heavy atom. The molecule has 1 fully saturated rings. The number of alkyl halides is 3. The molecule has 0 aromatic heterocycles. The van der Waals surface area contributed by atoms with Crippen molar-refractivity contribution >= 4 is 23.7 Å². The highest BCUT2D eigenvalue weighted by Crippen LogP contribution is 2.40. The number of hydrogen-bond acceptors (Lipinski definition) is 5. The van der Waals surface area contributed by atoms with E-state index in [-0.39, 0.29) is 11.8 Å². The molecule has 0 saturated carbocycles. The largest absolute Gasteiger partial charge is 0.469 e. The van der Waals surface area contributed by atoms with E-state index in [1.165, 1.54) is 0 Å². The van der Waals surface area contributed by atoms with Gasteiger partial charge in [-0.1, -0.05) is 11.8 Å². The maximum atomic E-state index is 12.1. The van der Waals surface area contributed by atoms with E-state index in [0.29, 0.717) is 0 Å². The van der Waals surface area contributed by atoms with Crippen molar-refractivity contribution in [2.45, 2.75) is 23.3 Å². The van der Waals surface area contributed by atoms with Gasteiger partial charge < -0.3 is 9.47 Å². The van der Waals surface area contributed by atoms with E-state index < -0.39 is 35.2 Å². The smallest absolute Gasteiger partial charge is 0.435 e. The molecule has 86 valence electrons. The predicted octanol–water partition coefficient (Wildman–Crippen LogP) is 1.10. The number of carbonyl (C=O) groups excluding carboxylic acids is 2. The van der Waals surface area contributed by atoms with Crippen molar-refractivity contribution in [2.24, 2.45) is 0 Å². The summed E-state index contributed by atoms with van der Waals surface area (Å²) >= 11 is 0.272. The Hall–Kier alpha value is -0.920. The number of hydrogen-bond donors (Lipinski definition) is 0. The number of halogens is 3. The van der Waals surface area contributed by atoms with Crippen molar-refractivity contribution in [3.05, 3.63) is 0 Å². The summed E-state index contributed by atoms with van der Waals surface area (Å²) in [6.45, 7) is 0. The van der Waals surface area contributed by atoms with Crippen LogP contribution in [0.3, 0.4) is 0 Å². The lowest BCUT2D eigenvalue weighted by Crippen LogP contribution is -2.25. The molecule has 0 radical (unpaired) electrons. The van der Waals surface area contributed by atoms with E-state index in [9.17, 15) is 22.8 Å². The number of rotatable bonds is 2. The van der Waals surface area contributed by atoms with Crippen LogP contribution in [0.25, 0.3) is 0 Å². The molecule has 0 amide bonds. The van der Waals surface area contributed by atoms with Gasteiger partial charge in [0, 0.05) is 0 Å². The molecular formula is C7H7F3O4S. The fraction of sp³-hybridized carbons (Fsp3) is 0.714. The highest BCUT2D eigenvalue weighted by atomic mass is 32.2. The Labute approximate surface area is 87.1 Å². The summed E-state index contributed by atoms with van der Waals surface area (Å²) in [4.78, 5) is 21.7. The maximum absolute atomic E-state index is 12.1. The van der Waals surface area contributed by atoms with Gasteiger partial charge in [0.15, 0.2) is 0 Å². The molecule has 2 unspecified atom stereocenters. The van der Waals surface area contributed by atoms with Gasteiger partial charge in [0.25, 0.3) is 0 Å². The molecule has 0 N–H and O–H groups in total. The maximum Gasteiger partial charge on any atom is 0.435 e. The Morgan fingerprint density at radius 2 is 2.20 bits per heavy atom. The summed E-state index contributed by atoms with van der Waals surface area (Å²) in [6.07, 6.45) is -5.02. The molecule has 1 heterocycles. The second-order valence-corrected chi connectivity index (χ2v) is 3.98. The number of methoxy groups -OCH3 is 1. The first kappa shape index (κ1) is 12.2. The van der Waals surface area contributed by atoms with Gasteiger partial charge in [-0.3, -0.25) is 9.59 Å². The van der Waals surface area contributed by atoms with Gasteiger partial charge in [0.2, 0.25) is 5.44 Å². The lowest BCUT2D eigenvalue weighted by atomic mass is 10.3. The summed E-state index contributed by atoms with van der Waals surface area (Å²) in [5.41, 5.74) is -2.18. The lowest BCUT2D eigenvalue weighted by Gasteiger charge is -2.11. The summed E-state index contributed by atoms with van der Waals surface area (Å²) in [5.74, 6) is -1.78. The zero-order valence-electron chi connectivity index (χ0n) is 7.54. The van der Waals surface area contributed by atoms with Gasteiger partial charge in [0.1, 0.15) is 5.25 Å². The number of esters is 2. The van der Waals surface area contributed by atoms with Gasteiger partial charge in [-0.25, -0.2) is 0 Å². The summed E-state index contributed by atoms with van der Waals surface area (Å²) in [7, 11) is 1.09. The van der Waals surface area contributed by atoms with Gasteiger partial charge in [-0.15, -0.1) is 0 Å². The molecule has 15 heavy (non-hydrogen) atoms. The monoisotopic (exact) mass is 244 g/mol. The average Bonchev–Trinajstić information content (AvgIpc) is 2.47. The van der Waals surface area contributed by atoms with Crippen LogP contribution in [0.2, 0.25) is 0 Å². The fourth-order valence-corrected chi connectivity index (χ4v) is 1.93. The molecule has 0 aliphatic carbocycles. The van der Waals surface area contributed by atoms with Crippen molar-refractivity contribution in [2.75, 3.05) is 7.11 Å². The number of carbonyl (C=O) groups is 2. The third-order valence-corrected chi connectivity index (χ3v) is 2.92. The molecule has 0 aromatic rings. The molecule has 0 bridgehead atoms. The first-order chi connectivity index (χ1) is 6.84. The molecule has 8 heteroatoms. The van der Waals surface area contributed by atoms with E-state index in [4.69, 9.17) is 0 Å². The molecule has 0 spiro atoms. The highest BCUT2D eigenvalue weighted by molar-refractivity contribution is 8.01. The molecular weight excluding hydrogens is 237 g/mol. The van der Waals surface area contributed by atoms with Gasteiger partial charge >= 0.3 is 18.1 Å². The van der Waals surface area contributed by atoms with E-state index in [0.717, 1.165) is 7.11 Å². The first-order valence-electron chi connectivity index (χ1n) is 3.84. The fourth-order valence-electron chi connectivity index (χ4n) is 0.924. The zero-order chi connectivity index (χ0) is 11.6. The minimum atomic E-state index is -4.61. The van der Waals surface area contributed by atoms with Crippen molar-refractivity contribution in [3.63, 3.8) is 0 Å². The van der Waals surface area contributed by atoms with Crippen molar-refractivity contribution < 1.29 is 32.2 Å². The van der Waals surface area contributed by atoms with Crippen molar-refractivity contribution in [1.82, 2.24) is 0 Å². The van der Waals surface area contributed by atoms with Crippen LogP contribution in [0.4, 0.5) is 13.2 Å². The predicted molar refractivity (Wildman–Crippen MR) is 43.9 cm³/mol. The minimum Gasteiger partial charge on any atom is -0.469 e. The molecule has 1 aliphatic heterocycles. The second-order valence-electron chi connectivity index (χ2n) is 2.72. The van der Waals surface area contributed by atoms with E-state index in [1.54, 1.807) is 0 Å². The molecule has 2 atom stereocenters. The lowest BCUT2D eigenvalue weighted by molar-refractivity contribution is -0.192. The van der Waals surface area contributed by atoms with E-state index in [2.05, 4.69) is 9.47 Å². The van der Waals surface area contributed by atoms with Gasteiger partial charge in [-0.2, -0.15) is 13.2 Å². The van der Waals surface area contributed by atoms with Crippen LogP contribution in [0.1, 0.15) is 6.42 Å². The Morgan fingerprint density at radius 1 is 1.60 bits per heavy atom. The SMILES string of the molecule is COC(=O)CC1SC(C(F)(F)F)OC1=O. The van der Waals surface area contributed by atoms with Crippen LogP contribution < -0.4 is 0 Å². The van der Waals surface area contributed by atoms with E-state index in [1.807, 2.05) is 0 Å². The highest BCUT2D eigenvalue weighted by Gasteiger charge is 2.51. The zero-order valence-corrected chi connectivity index (χ0v) is 8.35. The second kappa shape index (κ2) is 4.30. The third-order valence-electron chi connectivity index (χ3n) is 1.62. The summed E-state index contributed by atoms with van der Waals surface area (Å²) in [6, 6.07) is 0. The first-order valence-corrected chi connectivity index (χ1v) is 4.78. The van der Waals surface area contributed by atoms with Crippen LogP contribution in [-0.2, 0) is 19.1 Å². The minimum absolute atomic E-state index is 0.272. The number of cyclic esters (lactones) is 1. The Bertz CT molecular complexity index is 278. The van der Waals surface area contributed by atoms with Gasteiger partial charge in [0.05, 0.1) is 13.5 Å². The summed E-state index contributed by atoms with van der Waals surface area (Å²) < 4.78 is 44.7. The van der Waals surface area contributed by atoms with Crippen molar-refractivity contribution in [1.29, 1.82) is 0 Å². The van der Waals surface area contributed by atoms with Crippen molar-refractivity contribution in [3.8, 4) is 0 Å². The molecule has 1 saturated heterocycles. The quantitative estimate of drug-likeness (QED) is 0.681. The average molecular weight is 244 g/mol. The van der Waals surface area contributed by atoms with Crippen LogP contribution in [0, 0.1) is 0 Å². The van der Waals surface area contributed by atoms with Gasteiger partial charge in [-0.05, 0) is 0 Å².